The number of hydrogen-bond acceptors (Lipinski definition) is 6. The summed E-state index contributed by atoms with van der Waals surface area (Å²) in [5.74, 6) is -0.859. The van der Waals surface area contributed by atoms with Crippen LogP contribution in [-0.4, -0.2) is 42.1 Å². The molecule has 1 spiro atoms. The largest absolute Gasteiger partial charge is 0.496 e. The summed E-state index contributed by atoms with van der Waals surface area (Å²) >= 11 is 0. The summed E-state index contributed by atoms with van der Waals surface area (Å²) in [6.07, 6.45) is 4.68. The number of Topliss-reactive ketones (excluding diaryl/α,β-unsaturated/α-hetero) is 2. The van der Waals surface area contributed by atoms with Crippen LogP contribution in [-0.2, 0) is 10.2 Å². The molecular weight excluding hydrogens is 552 g/mol. The molecule has 4 aromatic rings. The van der Waals surface area contributed by atoms with Crippen molar-refractivity contribution in [3.63, 3.8) is 0 Å². The highest BCUT2D eigenvalue weighted by Gasteiger charge is 2.70. The second-order valence-corrected chi connectivity index (χ2v) is 11.4. The first kappa shape index (κ1) is 27.7. The predicted molar refractivity (Wildman–Crippen MR) is 168 cm³/mol. The van der Waals surface area contributed by atoms with E-state index in [9.17, 15) is 14.4 Å². The van der Waals surface area contributed by atoms with Gasteiger partial charge in [0.15, 0.2) is 11.6 Å². The zero-order valence-corrected chi connectivity index (χ0v) is 24.5. The number of nitrogens with one attached hydrogen (secondary N) is 1. The minimum atomic E-state index is -1.39. The van der Waals surface area contributed by atoms with E-state index < -0.39 is 23.4 Å². The van der Waals surface area contributed by atoms with Crippen molar-refractivity contribution in [2.24, 2.45) is 5.92 Å². The van der Waals surface area contributed by atoms with Gasteiger partial charge in [-0.2, -0.15) is 0 Å². The first-order chi connectivity index (χ1) is 21.5. The van der Waals surface area contributed by atoms with Gasteiger partial charge in [0.2, 0.25) is 5.91 Å². The molecule has 44 heavy (non-hydrogen) atoms. The fourth-order valence-electron chi connectivity index (χ4n) is 7.29. The maximum Gasteiger partial charge on any atom is 0.238 e. The van der Waals surface area contributed by atoms with Crippen LogP contribution < -0.4 is 14.8 Å². The van der Waals surface area contributed by atoms with Gasteiger partial charge < -0.3 is 19.7 Å². The maximum absolute atomic E-state index is 15.0. The molecule has 1 N–H and O–H groups in total. The average molecular weight is 585 g/mol. The third-order valence-corrected chi connectivity index (χ3v) is 9.11. The molecule has 0 radical (unpaired) electrons. The van der Waals surface area contributed by atoms with Crippen LogP contribution >= 0.6 is 0 Å². The Morgan fingerprint density at radius 2 is 1.61 bits per heavy atom. The Morgan fingerprint density at radius 1 is 0.886 bits per heavy atom. The van der Waals surface area contributed by atoms with Gasteiger partial charge in [0.05, 0.1) is 31.2 Å². The van der Waals surface area contributed by atoms with Gasteiger partial charge in [-0.1, -0.05) is 61.5 Å². The number of ketones is 2. The third-order valence-electron chi connectivity index (χ3n) is 9.11. The van der Waals surface area contributed by atoms with Crippen LogP contribution in [0.4, 0.5) is 5.69 Å². The predicted octanol–water partition coefficient (Wildman–Crippen LogP) is 6.47. The van der Waals surface area contributed by atoms with Gasteiger partial charge >= 0.3 is 0 Å². The van der Waals surface area contributed by atoms with Crippen LogP contribution in [0.2, 0.25) is 0 Å². The summed E-state index contributed by atoms with van der Waals surface area (Å²) in [5, 5.41) is 3.09. The van der Waals surface area contributed by atoms with E-state index in [2.05, 4.69) is 5.32 Å². The Hall–Kier alpha value is -5.17. The van der Waals surface area contributed by atoms with Gasteiger partial charge in [0.1, 0.15) is 23.0 Å². The normalized spacial score (nSPS) is 22.6. The molecule has 1 saturated heterocycles. The summed E-state index contributed by atoms with van der Waals surface area (Å²) in [6.45, 7) is 2.59. The van der Waals surface area contributed by atoms with Crippen LogP contribution in [0.3, 0.4) is 0 Å². The fourth-order valence-corrected chi connectivity index (χ4v) is 7.29. The van der Waals surface area contributed by atoms with Crippen molar-refractivity contribution in [1.29, 1.82) is 0 Å². The smallest absolute Gasteiger partial charge is 0.238 e. The number of anilines is 1. The van der Waals surface area contributed by atoms with Crippen LogP contribution in [0, 0.1) is 5.92 Å². The topological polar surface area (TPSA) is 84.9 Å². The van der Waals surface area contributed by atoms with Crippen molar-refractivity contribution in [2.45, 2.75) is 30.8 Å². The van der Waals surface area contributed by atoms with E-state index in [-0.39, 0.29) is 17.5 Å². The summed E-state index contributed by atoms with van der Waals surface area (Å²) in [7, 11) is 1.52. The number of nitrogens with zero attached hydrogens (tertiary/aromatic N) is 1. The van der Waals surface area contributed by atoms with Crippen LogP contribution in [0.1, 0.15) is 56.8 Å². The molecule has 0 unspecified atom stereocenters. The lowest BCUT2D eigenvalue weighted by Crippen LogP contribution is -2.49. The second kappa shape index (κ2) is 10.8. The zero-order valence-electron chi connectivity index (χ0n) is 24.5. The summed E-state index contributed by atoms with van der Waals surface area (Å²) in [5.41, 5.74) is 2.56. The van der Waals surface area contributed by atoms with Crippen molar-refractivity contribution in [2.75, 3.05) is 19.0 Å². The van der Waals surface area contributed by atoms with Gasteiger partial charge in [-0.3, -0.25) is 14.4 Å². The van der Waals surface area contributed by atoms with E-state index in [1.165, 1.54) is 7.11 Å². The van der Waals surface area contributed by atoms with Gasteiger partial charge in [-0.05, 0) is 71.7 Å². The van der Waals surface area contributed by atoms with E-state index in [0.717, 1.165) is 17.5 Å². The number of hydrogen-bond donors (Lipinski definition) is 1. The number of benzene rings is 4. The molecule has 1 fully saturated rings. The molecule has 4 atom stereocenters. The van der Waals surface area contributed by atoms with Gasteiger partial charge in [0, 0.05) is 17.5 Å². The monoisotopic (exact) mass is 584 g/mol. The molecule has 7 nitrogen and oxygen atoms in total. The van der Waals surface area contributed by atoms with Gasteiger partial charge in [0.25, 0.3) is 0 Å². The zero-order chi connectivity index (χ0) is 30.4. The highest BCUT2D eigenvalue weighted by Crippen LogP contribution is 2.62. The molecule has 0 aliphatic carbocycles. The molecule has 7 heteroatoms. The van der Waals surface area contributed by atoms with E-state index in [4.69, 9.17) is 9.47 Å². The second-order valence-electron chi connectivity index (χ2n) is 11.4. The molecule has 3 heterocycles. The van der Waals surface area contributed by atoms with Crippen LogP contribution in [0.5, 0.6) is 11.5 Å². The fraction of sp³-hybridized carbons (Fsp3) is 0.216. The number of amides is 1. The summed E-state index contributed by atoms with van der Waals surface area (Å²) in [6, 6.07) is 27.8. The van der Waals surface area contributed by atoms with Crippen molar-refractivity contribution < 1.29 is 23.9 Å². The van der Waals surface area contributed by atoms with E-state index in [0.29, 0.717) is 40.5 Å². The molecule has 3 aliphatic heterocycles. The van der Waals surface area contributed by atoms with Gasteiger partial charge in [-0.25, -0.2) is 0 Å². The minimum absolute atomic E-state index is 0.285. The van der Waals surface area contributed by atoms with E-state index >= 15 is 0 Å². The maximum atomic E-state index is 15.0. The van der Waals surface area contributed by atoms with Gasteiger partial charge in [-0.15, -0.1) is 0 Å². The lowest BCUT2D eigenvalue weighted by molar-refractivity contribution is -0.122. The standard InChI is InChI=1S/C37H32N2O5/c1-3-22-44-25-18-16-24(17-19-25)33(40)31-32(34(41)27-12-6-9-15-30(27)43-2)39-21-20-23-10-4-5-11-26(23)35(39)37(31)28-13-7-8-14-29(28)38-36(37)42/h4-21,31-32,35H,3,22H2,1-2H3,(H,38,42)/t31-,32-,35+,37+/m0/s1. The first-order valence-corrected chi connectivity index (χ1v) is 14.9. The Morgan fingerprint density at radius 3 is 2.41 bits per heavy atom. The van der Waals surface area contributed by atoms with Crippen molar-refractivity contribution in [1.82, 2.24) is 4.90 Å². The lowest BCUT2D eigenvalue weighted by atomic mass is 9.62. The number of fused-ring (bicyclic) bond motifs is 6. The molecule has 3 aliphatic rings. The van der Waals surface area contributed by atoms with Crippen molar-refractivity contribution in [3.8, 4) is 11.5 Å². The number of carbonyl (C=O) groups excluding carboxylic acids is 3. The lowest BCUT2D eigenvalue weighted by Gasteiger charge is -2.38. The summed E-state index contributed by atoms with van der Waals surface area (Å²) in [4.78, 5) is 46.3. The number of rotatable bonds is 8. The SMILES string of the molecule is CCCOc1ccc(C(=O)[C@@H]2[C@@H](C(=O)c3ccccc3OC)N3C=Cc4ccccc4[C@@H]3[C@]23C(=O)Nc2ccccc23)cc1. The molecule has 0 aromatic heterocycles. The molecule has 220 valence electrons. The Balaban J connectivity index is 1.48. The highest BCUT2D eigenvalue weighted by molar-refractivity contribution is 6.17. The van der Waals surface area contributed by atoms with E-state index in [1.54, 1.807) is 48.5 Å². The third kappa shape index (κ3) is 3.99. The molecule has 4 aromatic carbocycles. The Labute approximate surface area is 256 Å². The van der Waals surface area contributed by atoms with Crippen LogP contribution in [0.25, 0.3) is 6.08 Å². The molecule has 0 bridgehead atoms. The Bertz CT molecular complexity index is 1810. The number of methoxy groups -OCH3 is 1. The Kier molecular flexibility index (Phi) is 6.81. The quantitative estimate of drug-likeness (QED) is 0.239. The number of ether oxygens (including phenoxy) is 2. The van der Waals surface area contributed by atoms with Crippen LogP contribution in [0.15, 0.2) is 103 Å². The minimum Gasteiger partial charge on any atom is -0.496 e. The number of para-hydroxylation sites is 2. The molecular formula is C37H32N2O5. The average Bonchev–Trinajstić information content (AvgIpc) is 3.55. The van der Waals surface area contributed by atoms with E-state index in [1.807, 2.05) is 72.6 Å². The molecule has 1 amide bonds. The highest BCUT2D eigenvalue weighted by atomic mass is 16.5. The first-order valence-electron chi connectivity index (χ1n) is 14.9. The van der Waals surface area contributed by atoms with Crippen molar-refractivity contribution >= 4 is 29.2 Å². The molecule has 7 rings (SSSR count). The summed E-state index contributed by atoms with van der Waals surface area (Å²) < 4.78 is 11.4. The molecule has 0 saturated carbocycles. The number of carbonyl (C=O) groups is 3. The van der Waals surface area contributed by atoms with Crippen molar-refractivity contribution in [3.05, 3.63) is 131 Å².